The van der Waals surface area contributed by atoms with Crippen LogP contribution in [0.2, 0.25) is 0 Å². The van der Waals surface area contributed by atoms with Crippen LogP contribution in [0, 0.1) is 11.3 Å². The number of hydrogen-bond donors (Lipinski definition) is 0. The van der Waals surface area contributed by atoms with Crippen molar-refractivity contribution in [2.24, 2.45) is 12.0 Å². The van der Waals surface area contributed by atoms with Gasteiger partial charge in [-0.3, -0.25) is 4.99 Å². The topological polar surface area (TPSA) is 44.3 Å². The summed E-state index contributed by atoms with van der Waals surface area (Å²) in [6.07, 6.45) is 0. The fourth-order valence-corrected chi connectivity index (χ4v) is 2.72. The summed E-state index contributed by atoms with van der Waals surface area (Å²) in [6, 6.07) is 12.3. The lowest BCUT2D eigenvalue weighted by molar-refractivity contribution is 0.579. The van der Waals surface area contributed by atoms with Gasteiger partial charge in [-0.2, -0.15) is 5.26 Å². The van der Waals surface area contributed by atoms with Crippen LogP contribution in [0.5, 0.6) is 0 Å². The summed E-state index contributed by atoms with van der Waals surface area (Å²) in [7, 11) is 7.58. The van der Waals surface area contributed by atoms with Crippen molar-refractivity contribution in [1.82, 2.24) is 9.47 Å². The van der Waals surface area contributed by atoms with Crippen LogP contribution in [0.4, 0.5) is 0 Å². The molecular weight excluding hydrogens is 284 g/mol. The van der Waals surface area contributed by atoms with Crippen molar-refractivity contribution in [2.75, 3.05) is 21.1 Å². The van der Waals surface area contributed by atoms with E-state index in [9.17, 15) is 5.26 Å². The molecular formula is C19H22N4. The molecule has 0 bridgehead atoms. The molecule has 1 aromatic heterocycles. The first kappa shape index (κ1) is 16.6. The number of benzene rings is 1. The van der Waals surface area contributed by atoms with Gasteiger partial charge < -0.3 is 9.47 Å². The Hall–Kier alpha value is -2.80. The van der Waals surface area contributed by atoms with Crippen LogP contribution in [-0.2, 0) is 7.05 Å². The average molecular weight is 306 g/mol. The quantitative estimate of drug-likeness (QED) is 0.837. The molecule has 1 heterocycles. The zero-order valence-corrected chi connectivity index (χ0v) is 14.4. The maximum absolute atomic E-state index is 9.79. The van der Waals surface area contributed by atoms with E-state index in [0.717, 1.165) is 27.4 Å². The van der Waals surface area contributed by atoms with Gasteiger partial charge in [-0.05, 0) is 12.5 Å². The Morgan fingerprint density at radius 1 is 1.26 bits per heavy atom. The zero-order valence-electron chi connectivity index (χ0n) is 14.4. The molecule has 2 aromatic rings. The van der Waals surface area contributed by atoms with Crippen molar-refractivity contribution >= 4 is 12.3 Å². The second kappa shape index (κ2) is 6.53. The molecule has 0 aliphatic heterocycles. The van der Waals surface area contributed by atoms with E-state index in [1.807, 2.05) is 67.9 Å². The molecule has 118 valence electrons. The summed E-state index contributed by atoms with van der Waals surface area (Å²) in [6.45, 7) is 6.28. The van der Waals surface area contributed by atoms with Crippen LogP contribution in [-0.4, -0.2) is 30.6 Å². The molecule has 0 aliphatic rings. The number of nitrogens with zero attached hydrogens (tertiary/aromatic N) is 4. The minimum absolute atomic E-state index is 0.574. The van der Waals surface area contributed by atoms with E-state index >= 15 is 0 Å². The average Bonchev–Trinajstić information content (AvgIpc) is 2.56. The predicted octanol–water partition coefficient (Wildman–Crippen LogP) is 1.19. The highest BCUT2D eigenvalue weighted by Crippen LogP contribution is 2.17. The SMILES string of the molecule is C=c1/c(=C(/C)N(C)C)c(-c2ccccc2)c(C#N)c(=NC)n1C. The first-order valence-electron chi connectivity index (χ1n) is 7.42. The monoisotopic (exact) mass is 306 g/mol. The summed E-state index contributed by atoms with van der Waals surface area (Å²) in [4.78, 5) is 6.35. The predicted molar refractivity (Wildman–Crippen MR) is 94.6 cm³/mol. The Morgan fingerprint density at radius 3 is 2.35 bits per heavy atom. The van der Waals surface area contributed by atoms with Gasteiger partial charge in [0.15, 0.2) is 0 Å². The van der Waals surface area contributed by atoms with Gasteiger partial charge in [0.1, 0.15) is 17.1 Å². The second-order valence-electron chi connectivity index (χ2n) is 5.64. The Balaban J connectivity index is 3.24. The lowest BCUT2D eigenvalue weighted by atomic mass is 9.98. The second-order valence-corrected chi connectivity index (χ2v) is 5.64. The molecule has 2 rings (SSSR count). The number of aromatic nitrogens is 1. The Bertz CT molecular complexity index is 942. The summed E-state index contributed by atoms with van der Waals surface area (Å²) in [5.74, 6) is 0. The molecule has 0 fully saturated rings. The van der Waals surface area contributed by atoms with Crippen molar-refractivity contribution in [2.45, 2.75) is 6.92 Å². The van der Waals surface area contributed by atoms with Crippen LogP contribution in [0.25, 0.3) is 23.4 Å². The van der Waals surface area contributed by atoms with Gasteiger partial charge in [-0.15, -0.1) is 0 Å². The Kier molecular flexibility index (Phi) is 4.71. The molecule has 1 aromatic carbocycles. The molecule has 0 saturated carbocycles. The summed E-state index contributed by atoms with van der Waals surface area (Å²) in [5, 5.41) is 11.6. The largest absolute Gasteiger partial charge is 0.381 e. The van der Waals surface area contributed by atoms with Gasteiger partial charge in [0, 0.05) is 50.0 Å². The summed E-state index contributed by atoms with van der Waals surface area (Å²) >= 11 is 0. The van der Waals surface area contributed by atoms with E-state index in [4.69, 9.17) is 0 Å². The standard InChI is InChI=1S/C19H22N4/c1-13(22(4)5)17-14(2)23(6)19(21-3)16(12-20)18(17)15-10-8-7-9-11-15/h7-11H,2H2,1,3-6H3/b17-13+,21-19?. The smallest absolute Gasteiger partial charge is 0.146 e. The lowest BCUT2D eigenvalue weighted by Gasteiger charge is -2.18. The van der Waals surface area contributed by atoms with Crippen LogP contribution in [0.1, 0.15) is 12.5 Å². The molecule has 0 atom stereocenters. The molecule has 0 aliphatic carbocycles. The van der Waals surface area contributed by atoms with E-state index in [-0.39, 0.29) is 0 Å². The minimum Gasteiger partial charge on any atom is -0.381 e. The Morgan fingerprint density at radius 2 is 1.87 bits per heavy atom. The highest BCUT2D eigenvalue weighted by molar-refractivity contribution is 5.72. The molecule has 0 N–H and O–H groups in total. The van der Waals surface area contributed by atoms with E-state index in [0.29, 0.717) is 11.1 Å². The van der Waals surface area contributed by atoms with Crippen LogP contribution < -0.4 is 16.1 Å². The molecule has 0 amide bonds. The third-order valence-electron chi connectivity index (χ3n) is 4.15. The van der Waals surface area contributed by atoms with E-state index in [1.54, 1.807) is 7.05 Å². The van der Waals surface area contributed by atoms with Crippen molar-refractivity contribution in [1.29, 1.82) is 5.26 Å². The van der Waals surface area contributed by atoms with Crippen molar-refractivity contribution in [3.05, 3.63) is 52.0 Å². The molecule has 4 nitrogen and oxygen atoms in total. The van der Waals surface area contributed by atoms with Gasteiger partial charge in [0.05, 0.1) is 0 Å². The van der Waals surface area contributed by atoms with Gasteiger partial charge >= 0.3 is 0 Å². The number of rotatable bonds is 2. The van der Waals surface area contributed by atoms with Gasteiger partial charge in [-0.25, -0.2) is 0 Å². The fourth-order valence-electron chi connectivity index (χ4n) is 2.72. The summed E-state index contributed by atoms with van der Waals surface area (Å²) in [5.41, 5.74) is 4.17. The summed E-state index contributed by atoms with van der Waals surface area (Å²) < 4.78 is 1.88. The third kappa shape index (κ3) is 2.78. The molecule has 0 spiro atoms. The van der Waals surface area contributed by atoms with Gasteiger partial charge in [0.2, 0.25) is 0 Å². The van der Waals surface area contributed by atoms with Gasteiger partial charge in [0.25, 0.3) is 0 Å². The minimum atomic E-state index is 0.574. The maximum atomic E-state index is 9.79. The fraction of sp³-hybridized carbons (Fsp3) is 0.263. The molecule has 0 saturated heterocycles. The zero-order chi connectivity index (χ0) is 17.1. The lowest BCUT2D eigenvalue weighted by Crippen LogP contribution is -2.46. The normalized spacial score (nSPS) is 12.8. The van der Waals surface area contributed by atoms with Crippen LogP contribution in [0.3, 0.4) is 0 Å². The maximum Gasteiger partial charge on any atom is 0.146 e. The first-order chi connectivity index (χ1) is 10.9. The number of hydrogen-bond acceptors (Lipinski definition) is 3. The van der Waals surface area contributed by atoms with Crippen LogP contribution >= 0.6 is 0 Å². The highest BCUT2D eigenvalue weighted by atomic mass is 15.1. The van der Waals surface area contributed by atoms with Crippen molar-refractivity contribution in [3.8, 4) is 17.2 Å². The number of nitriles is 1. The van der Waals surface area contributed by atoms with Gasteiger partial charge in [-0.1, -0.05) is 36.9 Å². The van der Waals surface area contributed by atoms with E-state index in [2.05, 4.69) is 17.6 Å². The number of pyridine rings is 1. The van der Waals surface area contributed by atoms with E-state index in [1.165, 1.54) is 0 Å². The molecule has 0 radical (unpaired) electrons. The molecule has 0 unspecified atom stereocenters. The molecule has 4 heteroatoms. The van der Waals surface area contributed by atoms with Crippen molar-refractivity contribution < 1.29 is 0 Å². The van der Waals surface area contributed by atoms with E-state index < -0.39 is 0 Å². The molecule has 23 heavy (non-hydrogen) atoms. The third-order valence-corrected chi connectivity index (χ3v) is 4.15. The first-order valence-corrected chi connectivity index (χ1v) is 7.42. The highest BCUT2D eigenvalue weighted by Gasteiger charge is 2.14. The van der Waals surface area contributed by atoms with Crippen LogP contribution in [0.15, 0.2) is 35.3 Å². The van der Waals surface area contributed by atoms with Crippen molar-refractivity contribution in [3.63, 3.8) is 0 Å². The Labute approximate surface area is 137 Å².